The number of H-pyrrole nitrogens is 1. The van der Waals surface area contributed by atoms with Crippen molar-refractivity contribution >= 4 is 27.5 Å². The number of hydrogen-bond donors (Lipinski definition) is 1. The number of rotatable bonds is 7. The van der Waals surface area contributed by atoms with Crippen molar-refractivity contribution in [2.24, 2.45) is 0 Å². The van der Waals surface area contributed by atoms with Crippen LogP contribution in [0.3, 0.4) is 0 Å². The highest BCUT2D eigenvalue weighted by Gasteiger charge is 2.13. The Morgan fingerprint density at radius 3 is 2.59 bits per heavy atom. The first-order valence-electron chi connectivity index (χ1n) is 8.42. The first-order chi connectivity index (χ1) is 13.0. The van der Waals surface area contributed by atoms with Crippen LogP contribution in [0.25, 0.3) is 10.2 Å². The summed E-state index contributed by atoms with van der Waals surface area (Å²) in [5.41, 5.74) is 1.44. The Labute approximate surface area is 160 Å². The molecule has 0 radical (unpaired) electrons. The van der Waals surface area contributed by atoms with Crippen molar-refractivity contribution in [2.45, 2.75) is 19.4 Å². The lowest BCUT2D eigenvalue weighted by atomic mass is 10.1. The fourth-order valence-electron chi connectivity index (χ4n) is 2.76. The largest absolute Gasteiger partial charge is 0.497 e. The Hall–Kier alpha value is -2.87. The number of hydrogen-bond acceptors (Lipinski definition) is 6. The molecular formula is C19H21N3O4S. The smallest absolute Gasteiger partial charge is 0.268 e. The van der Waals surface area contributed by atoms with Crippen LogP contribution in [0.4, 0.5) is 0 Å². The number of benzene rings is 1. The lowest BCUT2D eigenvalue weighted by Gasteiger charge is -2.17. The SMILES string of the molecule is COc1cc(CCC(=O)N(C)Cc2nc3ccsc3c(=O)[nH]2)cc(OC)c1. The second-order valence-corrected chi connectivity index (χ2v) is 7.03. The van der Waals surface area contributed by atoms with E-state index >= 15 is 0 Å². The van der Waals surface area contributed by atoms with Crippen molar-refractivity contribution in [3.8, 4) is 11.5 Å². The second kappa shape index (κ2) is 8.22. The van der Waals surface area contributed by atoms with Gasteiger partial charge in [0, 0.05) is 19.5 Å². The van der Waals surface area contributed by atoms with Crippen molar-refractivity contribution in [1.29, 1.82) is 0 Å². The van der Waals surface area contributed by atoms with E-state index in [0.717, 1.165) is 5.56 Å². The highest BCUT2D eigenvalue weighted by atomic mass is 32.1. The molecule has 0 aliphatic rings. The molecule has 1 N–H and O–H groups in total. The minimum absolute atomic E-state index is 0.0372. The molecule has 0 aliphatic carbocycles. The lowest BCUT2D eigenvalue weighted by molar-refractivity contribution is -0.130. The summed E-state index contributed by atoms with van der Waals surface area (Å²) in [6.45, 7) is 0.251. The molecule has 0 saturated carbocycles. The van der Waals surface area contributed by atoms with Gasteiger partial charge in [-0.15, -0.1) is 11.3 Å². The highest BCUT2D eigenvalue weighted by Crippen LogP contribution is 2.23. The molecule has 0 aliphatic heterocycles. The Kier molecular flexibility index (Phi) is 5.75. The van der Waals surface area contributed by atoms with Gasteiger partial charge >= 0.3 is 0 Å². The van der Waals surface area contributed by atoms with Gasteiger partial charge in [-0.05, 0) is 35.6 Å². The van der Waals surface area contributed by atoms with E-state index in [4.69, 9.17) is 9.47 Å². The van der Waals surface area contributed by atoms with Gasteiger partial charge in [-0.1, -0.05) is 0 Å². The Balaban J connectivity index is 1.64. The van der Waals surface area contributed by atoms with Crippen molar-refractivity contribution in [3.63, 3.8) is 0 Å². The molecule has 3 rings (SSSR count). The summed E-state index contributed by atoms with van der Waals surface area (Å²) in [5, 5.41) is 1.83. The average molecular weight is 387 g/mol. The van der Waals surface area contributed by atoms with Gasteiger partial charge in [0.2, 0.25) is 5.91 Å². The van der Waals surface area contributed by atoms with Gasteiger partial charge in [0.05, 0.1) is 26.3 Å². The summed E-state index contributed by atoms with van der Waals surface area (Å²) in [7, 11) is 4.89. The zero-order chi connectivity index (χ0) is 19.4. The number of aromatic amines is 1. The van der Waals surface area contributed by atoms with Crippen molar-refractivity contribution in [1.82, 2.24) is 14.9 Å². The quantitative estimate of drug-likeness (QED) is 0.674. The molecule has 0 spiro atoms. The predicted octanol–water partition coefficient (Wildman–Crippen LogP) is 2.59. The van der Waals surface area contributed by atoms with Crippen LogP contribution in [-0.2, 0) is 17.8 Å². The van der Waals surface area contributed by atoms with Gasteiger partial charge in [-0.25, -0.2) is 4.98 Å². The highest BCUT2D eigenvalue weighted by molar-refractivity contribution is 7.17. The van der Waals surface area contributed by atoms with Gasteiger partial charge in [0.25, 0.3) is 5.56 Å². The lowest BCUT2D eigenvalue weighted by Crippen LogP contribution is -2.28. The third kappa shape index (κ3) is 4.46. The summed E-state index contributed by atoms with van der Waals surface area (Å²) in [5.74, 6) is 1.82. The summed E-state index contributed by atoms with van der Waals surface area (Å²) < 4.78 is 11.1. The van der Waals surface area contributed by atoms with E-state index < -0.39 is 0 Å². The Morgan fingerprint density at radius 2 is 1.93 bits per heavy atom. The van der Waals surface area contributed by atoms with E-state index in [9.17, 15) is 9.59 Å². The van der Waals surface area contributed by atoms with Gasteiger partial charge in [0.1, 0.15) is 22.0 Å². The fraction of sp³-hybridized carbons (Fsp3) is 0.316. The van der Waals surface area contributed by atoms with Crippen molar-refractivity contribution < 1.29 is 14.3 Å². The summed E-state index contributed by atoms with van der Waals surface area (Å²) >= 11 is 1.35. The minimum atomic E-state index is -0.172. The second-order valence-electron chi connectivity index (χ2n) is 6.12. The number of carbonyl (C=O) groups excluding carboxylic acids is 1. The van der Waals surface area contributed by atoms with Crippen LogP contribution in [0.15, 0.2) is 34.4 Å². The molecule has 27 heavy (non-hydrogen) atoms. The number of methoxy groups -OCH3 is 2. The third-order valence-electron chi connectivity index (χ3n) is 4.22. The summed E-state index contributed by atoms with van der Waals surface area (Å²) in [6, 6.07) is 7.37. The van der Waals surface area contributed by atoms with Crippen LogP contribution in [0, 0.1) is 0 Å². The molecule has 142 valence electrons. The first kappa shape index (κ1) is 18.9. The maximum atomic E-state index is 12.5. The van der Waals surface area contributed by atoms with E-state index in [2.05, 4.69) is 9.97 Å². The molecule has 0 saturated heterocycles. The number of aryl methyl sites for hydroxylation is 1. The molecule has 0 atom stereocenters. The van der Waals surface area contributed by atoms with Crippen LogP contribution in [-0.4, -0.2) is 42.0 Å². The molecule has 3 aromatic rings. The molecule has 0 unspecified atom stereocenters. The zero-order valence-electron chi connectivity index (χ0n) is 15.4. The van der Waals surface area contributed by atoms with Gasteiger partial charge in [-0.2, -0.15) is 0 Å². The van der Waals surface area contributed by atoms with Crippen LogP contribution < -0.4 is 15.0 Å². The number of nitrogens with zero attached hydrogens (tertiary/aromatic N) is 2. The van der Waals surface area contributed by atoms with E-state index in [0.29, 0.717) is 40.4 Å². The molecule has 8 heteroatoms. The van der Waals surface area contributed by atoms with Crippen LogP contribution in [0.1, 0.15) is 17.8 Å². The van der Waals surface area contributed by atoms with E-state index in [1.807, 2.05) is 17.5 Å². The van der Waals surface area contributed by atoms with Crippen molar-refractivity contribution in [2.75, 3.05) is 21.3 Å². The molecule has 1 amide bonds. The molecule has 2 aromatic heterocycles. The molecule has 1 aromatic carbocycles. The number of aromatic nitrogens is 2. The number of carbonyl (C=O) groups is 1. The number of amides is 1. The third-order valence-corrected chi connectivity index (χ3v) is 5.12. The topological polar surface area (TPSA) is 84.5 Å². The molecule has 2 heterocycles. The average Bonchev–Trinajstić information content (AvgIpc) is 3.14. The molecular weight excluding hydrogens is 366 g/mol. The minimum Gasteiger partial charge on any atom is -0.497 e. The molecule has 0 bridgehead atoms. The van der Waals surface area contributed by atoms with Crippen LogP contribution in [0.2, 0.25) is 0 Å². The number of nitrogens with one attached hydrogen (secondary N) is 1. The maximum absolute atomic E-state index is 12.5. The van der Waals surface area contributed by atoms with Gasteiger partial charge in [-0.3, -0.25) is 9.59 Å². The van der Waals surface area contributed by atoms with Crippen LogP contribution in [0.5, 0.6) is 11.5 Å². The van der Waals surface area contributed by atoms with Gasteiger partial charge in [0.15, 0.2) is 0 Å². The fourth-order valence-corrected chi connectivity index (χ4v) is 3.49. The monoisotopic (exact) mass is 387 g/mol. The predicted molar refractivity (Wildman–Crippen MR) is 105 cm³/mol. The zero-order valence-corrected chi connectivity index (χ0v) is 16.3. The maximum Gasteiger partial charge on any atom is 0.268 e. The standard InChI is InChI=1S/C19H21N3O4S/c1-22(11-16-20-15-6-7-27-18(15)19(24)21-16)17(23)5-4-12-8-13(25-2)10-14(9-12)26-3/h6-10H,4-5,11H2,1-3H3,(H,20,21,24). The van der Waals surface area contributed by atoms with E-state index in [-0.39, 0.29) is 18.0 Å². The van der Waals surface area contributed by atoms with Crippen LogP contribution >= 0.6 is 11.3 Å². The normalized spacial score (nSPS) is 10.8. The van der Waals surface area contributed by atoms with E-state index in [1.165, 1.54) is 11.3 Å². The number of ether oxygens (including phenoxy) is 2. The Morgan fingerprint density at radius 1 is 1.22 bits per heavy atom. The van der Waals surface area contributed by atoms with E-state index in [1.54, 1.807) is 38.3 Å². The first-order valence-corrected chi connectivity index (χ1v) is 9.30. The summed E-state index contributed by atoms with van der Waals surface area (Å²) in [4.78, 5) is 33.2. The molecule has 7 nitrogen and oxygen atoms in total. The summed E-state index contributed by atoms with van der Waals surface area (Å²) in [6.07, 6.45) is 0.891. The number of fused-ring (bicyclic) bond motifs is 1. The van der Waals surface area contributed by atoms with Crippen molar-refractivity contribution in [3.05, 3.63) is 51.4 Å². The molecule has 0 fully saturated rings. The Bertz CT molecular complexity index is 989. The number of thiophene rings is 1. The van der Waals surface area contributed by atoms with Gasteiger partial charge < -0.3 is 19.4 Å².